The zero-order valence-electron chi connectivity index (χ0n) is 14.3. The highest BCUT2D eigenvalue weighted by Gasteiger charge is 2.41. The number of rotatable bonds is 4. The molecule has 3 rings (SSSR count). The van der Waals surface area contributed by atoms with Gasteiger partial charge in [0.1, 0.15) is 12.7 Å². The maximum atomic E-state index is 13.1. The molecule has 2 saturated heterocycles. The van der Waals surface area contributed by atoms with Crippen molar-refractivity contribution in [3.8, 4) is 0 Å². The van der Waals surface area contributed by atoms with E-state index in [1.54, 1.807) is 12.7 Å². The summed E-state index contributed by atoms with van der Waals surface area (Å²) in [5, 5.41) is 4.19. The quantitative estimate of drug-likeness (QED) is 0.851. The average molecular weight is 320 g/mol. The predicted octanol–water partition coefficient (Wildman–Crippen LogP) is 1.97. The Bertz CT molecular complexity index is 509. The van der Waals surface area contributed by atoms with E-state index in [0.29, 0.717) is 17.7 Å². The van der Waals surface area contributed by atoms with Crippen molar-refractivity contribution >= 4 is 5.91 Å². The molecule has 0 N–H and O–H groups in total. The van der Waals surface area contributed by atoms with Crippen molar-refractivity contribution < 1.29 is 9.53 Å². The smallest absolute Gasteiger partial charge is 0.228 e. The van der Waals surface area contributed by atoms with Gasteiger partial charge in [-0.25, -0.2) is 4.98 Å². The van der Waals surface area contributed by atoms with Gasteiger partial charge in [0, 0.05) is 38.3 Å². The van der Waals surface area contributed by atoms with Gasteiger partial charge in [0.2, 0.25) is 5.91 Å². The van der Waals surface area contributed by atoms with Gasteiger partial charge in [-0.2, -0.15) is 5.10 Å². The topological polar surface area (TPSA) is 60.2 Å². The van der Waals surface area contributed by atoms with Crippen molar-refractivity contribution in [2.45, 2.75) is 46.1 Å². The first-order valence-corrected chi connectivity index (χ1v) is 8.77. The summed E-state index contributed by atoms with van der Waals surface area (Å²) in [6, 6.07) is 0. The third-order valence-corrected chi connectivity index (χ3v) is 5.51. The molecule has 1 amide bonds. The summed E-state index contributed by atoms with van der Waals surface area (Å²) >= 11 is 0. The van der Waals surface area contributed by atoms with Gasteiger partial charge in [0.25, 0.3) is 0 Å². The van der Waals surface area contributed by atoms with Crippen LogP contribution in [0.5, 0.6) is 0 Å². The molecule has 1 aromatic heterocycles. The second kappa shape index (κ2) is 6.99. The van der Waals surface area contributed by atoms with E-state index in [9.17, 15) is 4.79 Å². The lowest BCUT2D eigenvalue weighted by molar-refractivity contribution is -0.147. The van der Waals surface area contributed by atoms with Crippen molar-refractivity contribution in [2.24, 2.45) is 17.3 Å². The molecule has 1 aromatic rings. The van der Waals surface area contributed by atoms with Crippen LogP contribution < -0.4 is 0 Å². The second-order valence-corrected chi connectivity index (χ2v) is 7.49. The Morgan fingerprint density at radius 1 is 1.30 bits per heavy atom. The molecule has 6 heteroatoms. The summed E-state index contributed by atoms with van der Waals surface area (Å²) in [4.78, 5) is 19.2. The van der Waals surface area contributed by atoms with Crippen LogP contribution in [0.3, 0.4) is 0 Å². The van der Waals surface area contributed by atoms with Crippen LogP contribution in [0, 0.1) is 17.3 Å². The number of amides is 1. The fourth-order valence-corrected chi connectivity index (χ4v) is 3.99. The Labute approximate surface area is 138 Å². The van der Waals surface area contributed by atoms with E-state index in [2.05, 4.69) is 28.8 Å². The van der Waals surface area contributed by atoms with Gasteiger partial charge >= 0.3 is 0 Å². The zero-order valence-corrected chi connectivity index (χ0v) is 14.3. The number of aromatic nitrogens is 3. The van der Waals surface area contributed by atoms with Crippen LogP contribution in [0.25, 0.3) is 0 Å². The minimum atomic E-state index is -0.293. The van der Waals surface area contributed by atoms with Crippen LogP contribution in [0.4, 0.5) is 0 Å². The normalized spacial score (nSPS) is 23.9. The Hall–Kier alpha value is -1.43. The minimum absolute atomic E-state index is 0.293. The van der Waals surface area contributed by atoms with Gasteiger partial charge in [0.05, 0.1) is 0 Å². The number of carbonyl (C=O) groups is 1. The van der Waals surface area contributed by atoms with Gasteiger partial charge < -0.3 is 9.64 Å². The number of carbonyl (C=O) groups excluding carboxylic acids is 1. The van der Waals surface area contributed by atoms with Gasteiger partial charge in [-0.15, -0.1) is 0 Å². The highest BCUT2D eigenvalue weighted by molar-refractivity contribution is 5.82. The van der Waals surface area contributed by atoms with Gasteiger partial charge in [-0.05, 0) is 37.5 Å². The predicted molar refractivity (Wildman–Crippen MR) is 86.7 cm³/mol. The molecule has 2 aliphatic heterocycles. The molecule has 2 fully saturated rings. The number of nitrogens with zero attached hydrogens (tertiary/aromatic N) is 4. The average Bonchev–Trinajstić information content (AvgIpc) is 3.08. The fourth-order valence-electron chi connectivity index (χ4n) is 3.99. The summed E-state index contributed by atoms with van der Waals surface area (Å²) in [5.74, 6) is 1.21. The molecule has 0 radical (unpaired) electrons. The molecule has 0 aliphatic carbocycles. The molecule has 128 valence electrons. The van der Waals surface area contributed by atoms with Gasteiger partial charge in [-0.1, -0.05) is 13.8 Å². The van der Waals surface area contributed by atoms with E-state index < -0.39 is 0 Å². The molecule has 2 aliphatic rings. The number of ether oxygens (including phenoxy) is 1. The van der Waals surface area contributed by atoms with Crippen LogP contribution in [-0.4, -0.2) is 51.9 Å². The number of hydrogen-bond donors (Lipinski definition) is 0. The lowest BCUT2D eigenvalue weighted by Crippen LogP contribution is -2.50. The van der Waals surface area contributed by atoms with Gasteiger partial charge in [0.15, 0.2) is 0 Å². The van der Waals surface area contributed by atoms with Crippen LogP contribution in [0.1, 0.15) is 39.5 Å². The maximum Gasteiger partial charge on any atom is 0.228 e. The number of likely N-dealkylation sites (tertiary alicyclic amines) is 1. The summed E-state index contributed by atoms with van der Waals surface area (Å²) < 4.78 is 7.33. The van der Waals surface area contributed by atoms with Crippen molar-refractivity contribution in [2.75, 3.05) is 26.3 Å². The van der Waals surface area contributed by atoms with Crippen LogP contribution in [-0.2, 0) is 16.1 Å². The Balaban J connectivity index is 1.61. The molecule has 1 atom stereocenters. The monoisotopic (exact) mass is 320 g/mol. The summed E-state index contributed by atoms with van der Waals surface area (Å²) in [6.45, 7) is 8.39. The molecule has 0 unspecified atom stereocenters. The molecule has 0 bridgehead atoms. The number of piperidine rings is 1. The highest BCUT2D eigenvalue weighted by atomic mass is 16.5. The van der Waals surface area contributed by atoms with Crippen molar-refractivity contribution in [1.29, 1.82) is 0 Å². The van der Waals surface area contributed by atoms with E-state index in [0.717, 1.165) is 58.5 Å². The van der Waals surface area contributed by atoms with Crippen LogP contribution >= 0.6 is 0 Å². The van der Waals surface area contributed by atoms with Gasteiger partial charge in [-0.3, -0.25) is 9.48 Å². The summed E-state index contributed by atoms with van der Waals surface area (Å²) in [5.41, 5.74) is -0.293. The van der Waals surface area contributed by atoms with Crippen molar-refractivity contribution in [3.05, 3.63) is 12.7 Å². The third-order valence-electron chi connectivity index (χ3n) is 5.51. The molecule has 23 heavy (non-hydrogen) atoms. The molecule has 6 nitrogen and oxygen atoms in total. The summed E-state index contributed by atoms with van der Waals surface area (Å²) in [6.07, 6.45) is 7.55. The summed E-state index contributed by atoms with van der Waals surface area (Å²) in [7, 11) is 0. The molecule has 0 aromatic carbocycles. The molecule has 0 spiro atoms. The Kier molecular flexibility index (Phi) is 4.99. The first kappa shape index (κ1) is 16.4. The Morgan fingerprint density at radius 3 is 2.78 bits per heavy atom. The second-order valence-electron chi connectivity index (χ2n) is 7.49. The van der Waals surface area contributed by atoms with E-state index in [1.165, 1.54) is 0 Å². The van der Waals surface area contributed by atoms with E-state index in [4.69, 9.17) is 4.74 Å². The van der Waals surface area contributed by atoms with Crippen molar-refractivity contribution in [3.63, 3.8) is 0 Å². The zero-order chi connectivity index (χ0) is 16.3. The highest BCUT2D eigenvalue weighted by Crippen LogP contribution is 2.37. The first-order chi connectivity index (χ1) is 11.1. The van der Waals surface area contributed by atoms with E-state index >= 15 is 0 Å². The standard InChI is InChI=1S/C17H28N4O2/c1-17(2,15-5-8-23-9-6-15)16(22)20-7-3-4-14(10-20)11-21-13-18-12-19-21/h12-15H,3-11H2,1-2H3/t14-/m0/s1. The molecule has 3 heterocycles. The maximum absolute atomic E-state index is 13.1. The number of hydrogen-bond acceptors (Lipinski definition) is 4. The third kappa shape index (κ3) is 3.74. The molecular formula is C17H28N4O2. The lowest BCUT2D eigenvalue weighted by atomic mass is 9.73. The van der Waals surface area contributed by atoms with E-state index in [-0.39, 0.29) is 5.41 Å². The largest absolute Gasteiger partial charge is 0.381 e. The van der Waals surface area contributed by atoms with Crippen molar-refractivity contribution in [1.82, 2.24) is 19.7 Å². The Morgan fingerprint density at radius 2 is 2.09 bits per heavy atom. The minimum Gasteiger partial charge on any atom is -0.381 e. The van der Waals surface area contributed by atoms with E-state index in [1.807, 2.05) is 4.68 Å². The SMILES string of the molecule is CC(C)(C(=O)N1CCC[C@H](Cn2cncn2)C1)C1CCOCC1. The molecule has 0 saturated carbocycles. The molecular weight excluding hydrogens is 292 g/mol. The first-order valence-electron chi connectivity index (χ1n) is 8.77. The van der Waals surface area contributed by atoms with Crippen LogP contribution in [0.2, 0.25) is 0 Å². The lowest BCUT2D eigenvalue weighted by Gasteiger charge is -2.42. The fraction of sp³-hybridized carbons (Fsp3) is 0.824. The van der Waals surface area contributed by atoms with Crippen LogP contribution in [0.15, 0.2) is 12.7 Å².